The molecule has 1 aromatic rings. The van der Waals surface area contributed by atoms with Crippen LogP contribution in [0.2, 0.25) is 5.15 Å². The summed E-state index contributed by atoms with van der Waals surface area (Å²) in [4.78, 5) is 3.58. The van der Waals surface area contributed by atoms with Gasteiger partial charge in [-0.05, 0) is 22.0 Å². The molecule has 5 heteroatoms. The van der Waals surface area contributed by atoms with E-state index in [0.29, 0.717) is 4.47 Å². The second-order valence-electron chi connectivity index (χ2n) is 1.85. The average molecular weight is 240 g/mol. The molecule has 1 N–H and O–H groups in total. The van der Waals surface area contributed by atoms with Gasteiger partial charge in [-0.1, -0.05) is 11.6 Å². The largest absolute Gasteiger partial charge is 0.390 e. The van der Waals surface area contributed by atoms with Gasteiger partial charge in [0.2, 0.25) is 0 Å². The SMILES string of the molecule is OCc1nc(Cl)c(Br)cc1F. The van der Waals surface area contributed by atoms with Gasteiger partial charge in [-0.2, -0.15) is 0 Å². The molecule has 0 aliphatic carbocycles. The van der Waals surface area contributed by atoms with Crippen molar-refractivity contribution in [3.8, 4) is 0 Å². The minimum Gasteiger partial charge on any atom is -0.390 e. The molecule has 11 heavy (non-hydrogen) atoms. The Morgan fingerprint density at radius 2 is 2.36 bits per heavy atom. The first-order valence-corrected chi connectivity index (χ1v) is 3.93. The molecule has 0 spiro atoms. The van der Waals surface area contributed by atoms with Crippen LogP contribution in [-0.2, 0) is 6.61 Å². The van der Waals surface area contributed by atoms with E-state index in [4.69, 9.17) is 16.7 Å². The van der Waals surface area contributed by atoms with E-state index in [1.54, 1.807) is 0 Å². The number of aliphatic hydroxyl groups is 1. The first kappa shape index (κ1) is 8.90. The quantitative estimate of drug-likeness (QED) is 0.763. The van der Waals surface area contributed by atoms with Gasteiger partial charge >= 0.3 is 0 Å². The third kappa shape index (κ3) is 1.89. The highest BCUT2D eigenvalue weighted by Gasteiger charge is 2.06. The van der Waals surface area contributed by atoms with Crippen LogP contribution in [0.15, 0.2) is 10.5 Å². The summed E-state index contributed by atoms with van der Waals surface area (Å²) in [6.07, 6.45) is 0. The Kier molecular flexibility index (Phi) is 2.81. The van der Waals surface area contributed by atoms with Crippen LogP contribution in [0.25, 0.3) is 0 Å². The Morgan fingerprint density at radius 1 is 1.73 bits per heavy atom. The molecular formula is C6H4BrClFNO. The maximum atomic E-state index is 12.7. The lowest BCUT2D eigenvalue weighted by atomic mass is 10.3. The summed E-state index contributed by atoms with van der Waals surface area (Å²) in [5.74, 6) is -0.566. The number of aromatic nitrogens is 1. The second-order valence-corrected chi connectivity index (χ2v) is 3.06. The zero-order valence-corrected chi connectivity index (χ0v) is 7.65. The third-order valence-electron chi connectivity index (χ3n) is 1.11. The monoisotopic (exact) mass is 239 g/mol. The molecule has 0 atom stereocenters. The fourth-order valence-electron chi connectivity index (χ4n) is 0.590. The summed E-state index contributed by atoms with van der Waals surface area (Å²) in [6.45, 7) is -0.446. The number of hydrogen-bond acceptors (Lipinski definition) is 2. The van der Waals surface area contributed by atoms with E-state index >= 15 is 0 Å². The molecule has 0 aliphatic heterocycles. The van der Waals surface area contributed by atoms with Crippen LogP contribution < -0.4 is 0 Å². The minimum atomic E-state index is -0.566. The van der Waals surface area contributed by atoms with E-state index in [9.17, 15) is 4.39 Å². The molecule has 1 rings (SSSR count). The lowest BCUT2D eigenvalue weighted by Crippen LogP contribution is -1.95. The molecule has 0 aromatic carbocycles. The number of halogens is 3. The Balaban J connectivity index is 3.21. The molecule has 0 radical (unpaired) electrons. The molecule has 1 aromatic heterocycles. The summed E-state index contributed by atoms with van der Waals surface area (Å²) in [5, 5.41) is 8.71. The van der Waals surface area contributed by atoms with Crippen LogP contribution in [-0.4, -0.2) is 10.1 Å². The molecule has 0 aliphatic rings. The van der Waals surface area contributed by atoms with Crippen LogP contribution in [0.4, 0.5) is 4.39 Å². The Bertz CT molecular complexity index is 282. The van der Waals surface area contributed by atoms with Crippen molar-refractivity contribution in [2.75, 3.05) is 0 Å². The Hall–Kier alpha value is -0.190. The molecule has 0 bridgehead atoms. The lowest BCUT2D eigenvalue weighted by molar-refractivity contribution is 0.270. The van der Waals surface area contributed by atoms with Gasteiger partial charge in [-0.3, -0.25) is 0 Å². The van der Waals surface area contributed by atoms with E-state index in [0.717, 1.165) is 0 Å². The fourth-order valence-corrected chi connectivity index (χ4v) is 1.04. The van der Waals surface area contributed by atoms with Crippen molar-refractivity contribution in [3.63, 3.8) is 0 Å². The van der Waals surface area contributed by atoms with E-state index in [2.05, 4.69) is 20.9 Å². The van der Waals surface area contributed by atoms with Crippen LogP contribution in [0.3, 0.4) is 0 Å². The maximum absolute atomic E-state index is 12.7. The predicted octanol–water partition coefficient (Wildman–Crippen LogP) is 2.13. The second kappa shape index (κ2) is 3.47. The normalized spacial score (nSPS) is 10.2. The summed E-state index contributed by atoms with van der Waals surface area (Å²) < 4.78 is 13.1. The summed E-state index contributed by atoms with van der Waals surface area (Å²) in [7, 11) is 0. The zero-order chi connectivity index (χ0) is 8.43. The van der Waals surface area contributed by atoms with Crippen LogP contribution in [0.1, 0.15) is 5.69 Å². The highest BCUT2D eigenvalue weighted by atomic mass is 79.9. The number of rotatable bonds is 1. The molecule has 60 valence electrons. The molecule has 0 saturated carbocycles. The number of hydrogen-bond donors (Lipinski definition) is 1. The first-order valence-electron chi connectivity index (χ1n) is 2.76. The van der Waals surface area contributed by atoms with Gasteiger partial charge in [0, 0.05) is 0 Å². The molecule has 2 nitrogen and oxygen atoms in total. The minimum absolute atomic E-state index is 0.0433. The average Bonchev–Trinajstić information content (AvgIpc) is 1.97. The van der Waals surface area contributed by atoms with Crippen LogP contribution in [0, 0.1) is 5.82 Å². The third-order valence-corrected chi connectivity index (χ3v) is 2.23. The molecule has 0 fully saturated rings. The number of nitrogens with zero attached hydrogens (tertiary/aromatic N) is 1. The van der Waals surface area contributed by atoms with E-state index in [-0.39, 0.29) is 10.8 Å². The highest BCUT2D eigenvalue weighted by molar-refractivity contribution is 9.10. The smallest absolute Gasteiger partial charge is 0.148 e. The molecule has 0 amide bonds. The van der Waals surface area contributed by atoms with E-state index in [1.807, 2.05) is 0 Å². The van der Waals surface area contributed by atoms with Gasteiger partial charge in [-0.25, -0.2) is 9.37 Å². The standard InChI is InChI=1S/C6H4BrClFNO/c7-3-1-4(9)5(2-11)10-6(3)8/h1,11H,2H2. The summed E-state index contributed by atoms with van der Waals surface area (Å²) in [5.41, 5.74) is -0.0433. The van der Waals surface area contributed by atoms with Crippen LogP contribution >= 0.6 is 27.5 Å². The van der Waals surface area contributed by atoms with E-state index in [1.165, 1.54) is 6.07 Å². The van der Waals surface area contributed by atoms with E-state index < -0.39 is 12.4 Å². The van der Waals surface area contributed by atoms with Crippen molar-refractivity contribution < 1.29 is 9.50 Å². The zero-order valence-electron chi connectivity index (χ0n) is 5.31. The Morgan fingerprint density at radius 3 is 2.91 bits per heavy atom. The molecular weight excluding hydrogens is 236 g/mol. The van der Waals surface area contributed by atoms with Gasteiger partial charge in [0.1, 0.15) is 16.7 Å². The van der Waals surface area contributed by atoms with Gasteiger partial charge in [0.25, 0.3) is 0 Å². The first-order chi connectivity index (χ1) is 5.15. The topological polar surface area (TPSA) is 33.1 Å². The lowest BCUT2D eigenvalue weighted by Gasteiger charge is -1.99. The molecule has 1 heterocycles. The number of pyridine rings is 1. The molecule has 0 unspecified atom stereocenters. The Labute approximate surface area is 76.1 Å². The van der Waals surface area contributed by atoms with Crippen molar-refractivity contribution in [1.29, 1.82) is 0 Å². The van der Waals surface area contributed by atoms with Crippen LogP contribution in [0.5, 0.6) is 0 Å². The van der Waals surface area contributed by atoms with Crippen molar-refractivity contribution in [2.24, 2.45) is 0 Å². The number of aliphatic hydroxyl groups excluding tert-OH is 1. The highest BCUT2D eigenvalue weighted by Crippen LogP contribution is 2.22. The van der Waals surface area contributed by atoms with Gasteiger partial charge in [0.05, 0.1) is 11.1 Å². The van der Waals surface area contributed by atoms with Gasteiger partial charge in [-0.15, -0.1) is 0 Å². The van der Waals surface area contributed by atoms with Crippen molar-refractivity contribution in [3.05, 3.63) is 27.2 Å². The van der Waals surface area contributed by atoms with Crippen molar-refractivity contribution >= 4 is 27.5 Å². The van der Waals surface area contributed by atoms with Crippen molar-refractivity contribution in [1.82, 2.24) is 4.98 Å². The predicted molar refractivity (Wildman–Crippen MR) is 42.8 cm³/mol. The maximum Gasteiger partial charge on any atom is 0.148 e. The fraction of sp³-hybridized carbons (Fsp3) is 0.167. The summed E-state index contributed by atoms with van der Waals surface area (Å²) >= 11 is 8.52. The summed E-state index contributed by atoms with van der Waals surface area (Å²) in [6, 6.07) is 1.17. The van der Waals surface area contributed by atoms with Gasteiger partial charge < -0.3 is 5.11 Å². The molecule has 0 saturated heterocycles. The van der Waals surface area contributed by atoms with Gasteiger partial charge in [0.15, 0.2) is 0 Å². The van der Waals surface area contributed by atoms with Crippen molar-refractivity contribution in [2.45, 2.75) is 6.61 Å².